The number of hydrogen-bond donors (Lipinski definition) is 1. The lowest BCUT2D eigenvalue weighted by Gasteiger charge is -2.22. The zero-order chi connectivity index (χ0) is 28.5. The van der Waals surface area contributed by atoms with Gasteiger partial charge in [0.05, 0.1) is 21.1 Å². The number of hydrogen-bond acceptors (Lipinski definition) is 9. The molecule has 0 aliphatic heterocycles. The number of aromatic nitrogens is 5. The average Bonchev–Trinajstić information content (AvgIpc) is 2.81. The van der Waals surface area contributed by atoms with Gasteiger partial charge in [0.1, 0.15) is 6.07 Å². The van der Waals surface area contributed by atoms with Crippen molar-refractivity contribution in [2.75, 3.05) is 0 Å². The first kappa shape index (κ1) is 28.6. The number of carbonyl (C=O) groups excluding carboxylic acids is 1. The van der Waals surface area contributed by atoms with E-state index >= 15 is 0 Å². The summed E-state index contributed by atoms with van der Waals surface area (Å²) < 4.78 is 12.3. The summed E-state index contributed by atoms with van der Waals surface area (Å²) in [6.07, 6.45) is -1.35. The number of rotatable bonds is 6. The molecule has 0 saturated heterocycles. The molecule has 1 unspecified atom stereocenters. The van der Waals surface area contributed by atoms with Crippen molar-refractivity contribution in [2.45, 2.75) is 53.7 Å². The lowest BCUT2D eigenvalue weighted by molar-refractivity contribution is -0.162. The van der Waals surface area contributed by atoms with E-state index in [2.05, 4.69) is 15.3 Å². The Labute approximate surface area is 226 Å². The van der Waals surface area contributed by atoms with Crippen LogP contribution in [0.1, 0.15) is 64.9 Å². The maximum atomic E-state index is 13.3. The SMILES string of the molecule is CC(C)c1cc(Oc2c(Cl)cc(-n3nc(C#N)c(=O)n(C(C)OC(=O)C(C)(C)C)c3=O)cc2Cl)n[nH]c1=O. The number of benzene rings is 1. The first-order valence-electron chi connectivity index (χ1n) is 11.3. The second-order valence-corrected chi connectivity index (χ2v) is 10.4. The fourth-order valence-electron chi connectivity index (χ4n) is 3.19. The molecule has 1 N–H and O–H groups in total. The van der Waals surface area contributed by atoms with Gasteiger partial charge in [-0.2, -0.15) is 9.94 Å². The van der Waals surface area contributed by atoms with Gasteiger partial charge in [-0.3, -0.25) is 14.4 Å². The number of nitriles is 1. The minimum absolute atomic E-state index is 0.00533. The number of aromatic amines is 1. The van der Waals surface area contributed by atoms with Crippen LogP contribution < -0.4 is 21.5 Å². The maximum Gasteiger partial charge on any atom is 0.355 e. The van der Waals surface area contributed by atoms with E-state index in [1.165, 1.54) is 25.1 Å². The van der Waals surface area contributed by atoms with Crippen molar-refractivity contribution in [1.82, 2.24) is 24.5 Å². The summed E-state index contributed by atoms with van der Waals surface area (Å²) in [5.74, 6) is -0.775. The van der Waals surface area contributed by atoms with Gasteiger partial charge in [0, 0.05) is 11.6 Å². The Morgan fingerprint density at radius 1 is 1.11 bits per heavy atom. The monoisotopic (exact) mass is 562 g/mol. The van der Waals surface area contributed by atoms with Crippen molar-refractivity contribution < 1.29 is 14.3 Å². The van der Waals surface area contributed by atoms with Crippen LogP contribution in [-0.2, 0) is 9.53 Å². The average molecular weight is 563 g/mol. The van der Waals surface area contributed by atoms with Gasteiger partial charge in [0.2, 0.25) is 11.6 Å². The molecule has 1 aromatic carbocycles. The highest BCUT2D eigenvalue weighted by Gasteiger charge is 2.28. The fourth-order valence-corrected chi connectivity index (χ4v) is 3.74. The van der Waals surface area contributed by atoms with Crippen LogP contribution in [0.5, 0.6) is 11.6 Å². The van der Waals surface area contributed by atoms with E-state index in [-0.39, 0.29) is 38.8 Å². The molecule has 0 bridgehead atoms. The fraction of sp³-hybridized carbons (Fsp3) is 0.375. The summed E-state index contributed by atoms with van der Waals surface area (Å²) in [4.78, 5) is 50.3. The number of carbonyl (C=O) groups is 1. The van der Waals surface area contributed by atoms with Crippen LogP contribution in [0.15, 0.2) is 32.6 Å². The van der Waals surface area contributed by atoms with Gasteiger partial charge in [-0.15, -0.1) is 10.2 Å². The molecular weight excluding hydrogens is 539 g/mol. The summed E-state index contributed by atoms with van der Waals surface area (Å²) in [5.41, 5.74) is -3.52. The molecule has 0 amide bonds. The summed E-state index contributed by atoms with van der Waals surface area (Å²) >= 11 is 12.8. The molecule has 0 saturated carbocycles. The van der Waals surface area contributed by atoms with Crippen molar-refractivity contribution in [2.24, 2.45) is 5.41 Å². The predicted molar refractivity (Wildman–Crippen MR) is 138 cm³/mol. The van der Waals surface area contributed by atoms with Gasteiger partial charge >= 0.3 is 11.7 Å². The molecule has 2 heterocycles. The van der Waals surface area contributed by atoms with Crippen molar-refractivity contribution >= 4 is 29.2 Å². The van der Waals surface area contributed by atoms with E-state index in [4.69, 9.17) is 32.7 Å². The van der Waals surface area contributed by atoms with E-state index in [0.29, 0.717) is 10.1 Å². The van der Waals surface area contributed by atoms with Crippen LogP contribution >= 0.6 is 23.2 Å². The number of esters is 1. The Hall–Kier alpha value is -3.95. The molecule has 1 atom stereocenters. The van der Waals surface area contributed by atoms with Gasteiger partial charge in [0.15, 0.2) is 12.0 Å². The molecule has 3 aromatic rings. The topological polar surface area (TPSA) is 162 Å². The highest BCUT2D eigenvalue weighted by atomic mass is 35.5. The first-order valence-corrected chi connectivity index (χ1v) is 12.0. The Bertz CT molecular complexity index is 1600. The van der Waals surface area contributed by atoms with Crippen molar-refractivity contribution in [1.29, 1.82) is 5.26 Å². The van der Waals surface area contributed by atoms with E-state index in [0.717, 1.165) is 4.68 Å². The van der Waals surface area contributed by atoms with Gasteiger partial charge in [-0.1, -0.05) is 37.0 Å². The minimum atomic E-state index is -1.35. The molecule has 12 nitrogen and oxygen atoms in total. The Kier molecular flexibility index (Phi) is 8.14. The van der Waals surface area contributed by atoms with Crippen molar-refractivity contribution in [3.63, 3.8) is 0 Å². The van der Waals surface area contributed by atoms with Gasteiger partial charge < -0.3 is 9.47 Å². The summed E-state index contributed by atoms with van der Waals surface area (Å²) in [7, 11) is 0. The second-order valence-electron chi connectivity index (χ2n) is 9.57. The molecule has 200 valence electrons. The van der Waals surface area contributed by atoms with Gasteiger partial charge in [-0.05, 0) is 45.7 Å². The third-order valence-electron chi connectivity index (χ3n) is 5.23. The molecule has 0 aliphatic carbocycles. The molecular formula is C24H24Cl2N6O6. The molecule has 38 heavy (non-hydrogen) atoms. The van der Waals surface area contributed by atoms with Crippen molar-refractivity contribution in [3.8, 4) is 23.4 Å². The van der Waals surface area contributed by atoms with E-state index in [9.17, 15) is 24.4 Å². The largest absolute Gasteiger partial charge is 0.441 e. The normalized spacial score (nSPS) is 12.2. The molecule has 0 aliphatic rings. The van der Waals surface area contributed by atoms with E-state index < -0.39 is 34.6 Å². The van der Waals surface area contributed by atoms with Crippen LogP contribution in [0.2, 0.25) is 10.0 Å². The van der Waals surface area contributed by atoms with Gasteiger partial charge in [-0.25, -0.2) is 14.5 Å². The lowest BCUT2D eigenvalue weighted by atomic mass is 9.97. The van der Waals surface area contributed by atoms with Crippen molar-refractivity contribution in [3.05, 3.63) is 70.7 Å². The lowest BCUT2D eigenvalue weighted by Crippen LogP contribution is -2.45. The predicted octanol–water partition coefficient (Wildman–Crippen LogP) is 3.68. The van der Waals surface area contributed by atoms with Crippen LogP contribution in [0.4, 0.5) is 0 Å². The number of halogens is 2. The van der Waals surface area contributed by atoms with Crippen LogP contribution in [0.25, 0.3) is 5.69 Å². The Balaban J connectivity index is 2.10. The summed E-state index contributed by atoms with van der Waals surface area (Å²) in [5, 5.41) is 19.3. The number of H-pyrrole nitrogens is 1. The molecule has 2 aromatic heterocycles. The second kappa shape index (κ2) is 10.8. The van der Waals surface area contributed by atoms with E-state index in [1.807, 2.05) is 13.8 Å². The molecule has 14 heteroatoms. The smallest absolute Gasteiger partial charge is 0.355 e. The summed E-state index contributed by atoms with van der Waals surface area (Å²) in [6, 6.07) is 5.62. The zero-order valence-electron chi connectivity index (χ0n) is 21.3. The van der Waals surface area contributed by atoms with E-state index in [1.54, 1.807) is 26.8 Å². The number of nitrogens with zero attached hydrogens (tertiary/aromatic N) is 5. The highest BCUT2D eigenvalue weighted by molar-refractivity contribution is 6.37. The number of nitrogens with one attached hydrogen (secondary N) is 1. The molecule has 0 spiro atoms. The third-order valence-corrected chi connectivity index (χ3v) is 5.79. The minimum Gasteiger partial charge on any atom is -0.441 e. The van der Waals surface area contributed by atoms with Crippen LogP contribution in [0, 0.1) is 16.7 Å². The molecule has 0 fully saturated rings. The third kappa shape index (κ3) is 5.79. The van der Waals surface area contributed by atoms with Gasteiger partial charge in [0.25, 0.3) is 11.1 Å². The number of ether oxygens (including phenoxy) is 2. The Morgan fingerprint density at radius 2 is 1.71 bits per heavy atom. The highest BCUT2D eigenvalue weighted by Crippen LogP contribution is 2.37. The van der Waals surface area contributed by atoms with Crippen LogP contribution in [0.3, 0.4) is 0 Å². The Morgan fingerprint density at radius 3 is 2.24 bits per heavy atom. The first-order chi connectivity index (χ1) is 17.6. The standard InChI is InChI=1S/C24H24Cl2N6O6/c1-11(2)14-9-18(28-29-20(14)33)38-19-15(25)7-13(8-16(19)26)32-23(36)31(21(34)17(10-27)30-32)12(3)37-22(35)24(4,5)6/h7-9,11-12H,1-6H3,(H,29,33). The maximum absolute atomic E-state index is 13.3. The molecule has 3 rings (SSSR count). The molecule has 0 radical (unpaired) electrons. The summed E-state index contributed by atoms with van der Waals surface area (Å²) in [6.45, 7) is 9.79. The zero-order valence-corrected chi connectivity index (χ0v) is 22.8. The van der Waals surface area contributed by atoms with Crippen LogP contribution in [-0.4, -0.2) is 30.5 Å². The quantitative estimate of drug-likeness (QED) is 0.441.